The van der Waals surface area contributed by atoms with Crippen molar-refractivity contribution in [3.05, 3.63) is 59.7 Å². The molecule has 2 atom stereocenters. The zero-order valence-electron chi connectivity index (χ0n) is 15.5. The van der Waals surface area contributed by atoms with E-state index in [-0.39, 0.29) is 11.5 Å². The third-order valence-electron chi connectivity index (χ3n) is 4.45. The number of ether oxygens (including phenoxy) is 1. The van der Waals surface area contributed by atoms with Crippen LogP contribution < -0.4 is 15.8 Å². The lowest BCUT2D eigenvalue weighted by atomic mass is 9.98. The first-order valence-corrected chi connectivity index (χ1v) is 8.93. The Hall–Kier alpha value is -2.82. The lowest BCUT2D eigenvalue weighted by Gasteiger charge is -2.21. The Balaban J connectivity index is 2.20. The van der Waals surface area contributed by atoms with Gasteiger partial charge in [0, 0.05) is 0 Å². The molecule has 0 heterocycles. The van der Waals surface area contributed by atoms with Crippen molar-refractivity contribution in [1.29, 1.82) is 0 Å². The van der Waals surface area contributed by atoms with Gasteiger partial charge < -0.3 is 15.8 Å². The van der Waals surface area contributed by atoms with E-state index in [1.54, 1.807) is 24.3 Å². The highest BCUT2D eigenvalue weighted by atomic mass is 16.5. The van der Waals surface area contributed by atoms with E-state index in [0.29, 0.717) is 23.8 Å². The Morgan fingerprint density at radius 2 is 1.69 bits per heavy atom. The summed E-state index contributed by atoms with van der Waals surface area (Å²) in [5.41, 5.74) is 7.12. The lowest BCUT2D eigenvalue weighted by Crippen LogP contribution is -2.33. The summed E-state index contributed by atoms with van der Waals surface area (Å²) in [4.78, 5) is 24.2. The van der Waals surface area contributed by atoms with Gasteiger partial charge in [-0.2, -0.15) is 0 Å². The van der Waals surface area contributed by atoms with E-state index in [9.17, 15) is 9.59 Å². The van der Waals surface area contributed by atoms with Crippen LogP contribution in [0.25, 0.3) is 0 Å². The maximum absolute atomic E-state index is 12.7. The molecule has 0 radical (unpaired) electrons. The highest BCUT2D eigenvalue weighted by molar-refractivity contribution is 6.04. The molecule has 0 saturated carbocycles. The maximum atomic E-state index is 12.7. The summed E-state index contributed by atoms with van der Waals surface area (Å²) in [6, 6.07) is 14.4. The van der Waals surface area contributed by atoms with Crippen LogP contribution in [0.1, 0.15) is 55.5 Å². The van der Waals surface area contributed by atoms with Crippen LogP contribution in [0.15, 0.2) is 48.5 Å². The van der Waals surface area contributed by atoms with E-state index < -0.39 is 12.0 Å². The summed E-state index contributed by atoms with van der Waals surface area (Å²) in [5, 5.41) is 2.76. The van der Waals surface area contributed by atoms with Crippen LogP contribution >= 0.6 is 0 Å². The van der Waals surface area contributed by atoms with Gasteiger partial charge in [-0.25, -0.2) is 0 Å². The standard InChI is InChI=1S/C21H26N2O3/c1-4-14(3)15-10-7-9-13-19(15)26-18(5-2)21(25)23-17-12-8-6-11-16(17)20(22)24/h6-14,18H,4-5H2,1-3H3,(H2,22,24)(H,23,25). The molecule has 2 amide bonds. The first kappa shape index (κ1) is 19.5. The van der Waals surface area contributed by atoms with Crippen molar-refractivity contribution in [2.24, 2.45) is 5.73 Å². The molecule has 5 nitrogen and oxygen atoms in total. The number of hydrogen-bond donors (Lipinski definition) is 2. The molecule has 0 saturated heterocycles. The van der Waals surface area contributed by atoms with Gasteiger partial charge in [-0.05, 0) is 42.5 Å². The van der Waals surface area contributed by atoms with E-state index in [4.69, 9.17) is 10.5 Å². The van der Waals surface area contributed by atoms with E-state index in [1.807, 2.05) is 31.2 Å². The van der Waals surface area contributed by atoms with Crippen LogP contribution in [-0.2, 0) is 4.79 Å². The van der Waals surface area contributed by atoms with Gasteiger partial charge in [0.25, 0.3) is 11.8 Å². The minimum absolute atomic E-state index is 0.274. The van der Waals surface area contributed by atoms with Crippen molar-refractivity contribution in [1.82, 2.24) is 0 Å². The minimum Gasteiger partial charge on any atom is -0.480 e. The normalized spacial score (nSPS) is 12.9. The third kappa shape index (κ3) is 4.63. The van der Waals surface area contributed by atoms with Gasteiger partial charge >= 0.3 is 0 Å². The molecule has 138 valence electrons. The molecule has 3 N–H and O–H groups in total. The zero-order chi connectivity index (χ0) is 19.1. The SMILES string of the molecule is CCC(Oc1ccccc1C(C)CC)C(=O)Nc1ccccc1C(N)=O. The van der Waals surface area contributed by atoms with Crippen LogP contribution in [0.4, 0.5) is 5.69 Å². The maximum Gasteiger partial charge on any atom is 0.265 e. The minimum atomic E-state index is -0.666. The van der Waals surface area contributed by atoms with Crippen molar-refractivity contribution in [2.75, 3.05) is 5.32 Å². The molecule has 26 heavy (non-hydrogen) atoms. The molecule has 0 fully saturated rings. The number of primary amides is 1. The summed E-state index contributed by atoms with van der Waals surface area (Å²) >= 11 is 0. The number of anilines is 1. The molecular weight excluding hydrogens is 328 g/mol. The van der Waals surface area contributed by atoms with Gasteiger partial charge in [0.05, 0.1) is 11.3 Å². The molecule has 2 aromatic carbocycles. The fraction of sp³-hybridized carbons (Fsp3) is 0.333. The molecule has 2 aromatic rings. The number of carbonyl (C=O) groups excluding carboxylic acids is 2. The quantitative estimate of drug-likeness (QED) is 0.749. The zero-order valence-corrected chi connectivity index (χ0v) is 15.5. The Kier molecular flexibility index (Phi) is 6.78. The first-order chi connectivity index (χ1) is 12.5. The van der Waals surface area contributed by atoms with Crippen LogP contribution in [0, 0.1) is 0 Å². The monoisotopic (exact) mass is 354 g/mol. The fourth-order valence-corrected chi connectivity index (χ4v) is 2.71. The Morgan fingerprint density at radius 3 is 2.35 bits per heavy atom. The number of hydrogen-bond acceptors (Lipinski definition) is 3. The third-order valence-corrected chi connectivity index (χ3v) is 4.45. The van der Waals surface area contributed by atoms with E-state index in [0.717, 1.165) is 12.0 Å². The molecule has 0 aliphatic heterocycles. The molecule has 0 spiro atoms. The molecule has 0 aliphatic carbocycles. The van der Waals surface area contributed by atoms with Gasteiger partial charge in [0.2, 0.25) is 0 Å². The topological polar surface area (TPSA) is 81.4 Å². The Morgan fingerprint density at radius 1 is 1.04 bits per heavy atom. The van der Waals surface area contributed by atoms with Crippen LogP contribution in [-0.4, -0.2) is 17.9 Å². The first-order valence-electron chi connectivity index (χ1n) is 8.93. The predicted octanol–water partition coefficient (Wildman–Crippen LogP) is 4.10. The summed E-state index contributed by atoms with van der Waals surface area (Å²) in [6.07, 6.45) is 0.815. The molecular formula is C21H26N2O3. The number of rotatable bonds is 8. The van der Waals surface area contributed by atoms with Crippen molar-refractivity contribution < 1.29 is 14.3 Å². The van der Waals surface area contributed by atoms with E-state index in [2.05, 4.69) is 19.2 Å². The van der Waals surface area contributed by atoms with Gasteiger partial charge in [-0.3, -0.25) is 9.59 Å². The molecule has 0 aliphatic rings. The number of nitrogens with two attached hydrogens (primary N) is 1. The van der Waals surface area contributed by atoms with Gasteiger partial charge in [-0.1, -0.05) is 51.1 Å². The van der Waals surface area contributed by atoms with Crippen LogP contribution in [0.3, 0.4) is 0 Å². The average Bonchev–Trinajstić information content (AvgIpc) is 2.65. The number of para-hydroxylation sites is 2. The van der Waals surface area contributed by atoms with Crippen molar-refractivity contribution in [3.63, 3.8) is 0 Å². The van der Waals surface area contributed by atoms with Gasteiger partial charge in [0.1, 0.15) is 5.75 Å². The second kappa shape index (κ2) is 9.04. The summed E-state index contributed by atoms with van der Waals surface area (Å²) in [5.74, 6) is 0.159. The average molecular weight is 354 g/mol. The fourth-order valence-electron chi connectivity index (χ4n) is 2.71. The number of carbonyl (C=O) groups is 2. The van der Waals surface area contributed by atoms with E-state index >= 15 is 0 Å². The predicted molar refractivity (Wildman–Crippen MR) is 103 cm³/mol. The second-order valence-electron chi connectivity index (χ2n) is 6.26. The summed E-state index contributed by atoms with van der Waals surface area (Å²) < 4.78 is 6.02. The highest BCUT2D eigenvalue weighted by Crippen LogP contribution is 2.29. The second-order valence-corrected chi connectivity index (χ2v) is 6.26. The molecule has 0 bridgehead atoms. The largest absolute Gasteiger partial charge is 0.480 e. The lowest BCUT2D eigenvalue weighted by molar-refractivity contribution is -0.122. The highest BCUT2D eigenvalue weighted by Gasteiger charge is 2.22. The van der Waals surface area contributed by atoms with Crippen molar-refractivity contribution in [3.8, 4) is 5.75 Å². The van der Waals surface area contributed by atoms with Gasteiger partial charge in [0.15, 0.2) is 6.10 Å². The Bertz CT molecular complexity index is 773. The number of benzene rings is 2. The molecule has 5 heteroatoms. The summed E-state index contributed by atoms with van der Waals surface area (Å²) in [6.45, 7) is 6.13. The van der Waals surface area contributed by atoms with Crippen LogP contribution in [0.2, 0.25) is 0 Å². The smallest absolute Gasteiger partial charge is 0.265 e. The van der Waals surface area contributed by atoms with E-state index in [1.165, 1.54) is 0 Å². The Labute approximate surface area is 154 Å². The van der Waals surface area contributed by atoms with Crippen LogP contribution in [0.5, 0.6) is 5.75 Å². The summed E-state index contributed by atoms with van der Waals surface area (Å²) in [7, 11) is 0. The van der Waals surface area contributed by atoms with Crippen molar-refractivity contribution >= 4 is 17.5 Å². The molecule has 2 rings (SSSR count). The number of nitrogens with one attached hydrogen (secondary N) is 1. The molecule has 0 aromatic heterocycles. The van der Waals surface area contributed by atoms with Crippen molar-refractivity contribution in [2.45, 2.75) is 45.6 Å². The molecule has 2 unspecified atom stereocenters. The number of amides is 2. The van der Waals surface area contributed by atoms with Gasteiger partial charge in [-0.15, -0.1) is 0 Å².